The summed E-state index contributed by atoms with van der Waals surface area (Å²) >= 11 is 0. The Bertz CT molecular complexity index is 560. The van der Waals surface area contributed by atoms with Crippen molar-refractivity contribution in [2.75, 3.05) is 26.9 Å². The summed E-state index contributed by atoms with van der Waals surface area (Å²) in [6.07, 6.45) is 6.27. The lowest BCUT2D eigenvalue weighted by Crippen LogP contribution is -2.38. The lowest BCUT2D eigenvalue weighted by Gasteiger charge is -2.35. The normalized spacial score (nSPS) is 15.8. The third-order valence-corrected chi connectivity index (χ3v) is 5.13. The van der Waals surface area contributed by atoms with E-state index in [0.29, 0.717) is 32.7 Å². The zero-order chi connectivity index (χ0) is 18.1. The van der Waals surface area contributed by atoms with Crippen molar-refractivity contribution in [2.45, 2.75) is 52.0 Å². The molecule has 148 valence electrons. The number of aryl methyl sites for hydroxylation is 1. The van der Waals surface area contributed by atoms with Crippen molar-refractivity contribution in [1.82, 2.24) is 5.32 Å². The summed E-state index contributed by atoms with van der Waals surface area (Å²) < 4.78 is 10.8. The van der Waals surface area contributed by atoms with Crippen LogP contribution in [0.1, 0.15) is 49.7 Å². The molecule has 26 heavy (non-hydrogen) atoms. The van der Waals surface area contributed by atoms with E-state index in [-0.39, 0.29) is 23.7 Å². The number of carbonyl (C=O) groups excluding carboxylic acids is 1. The predicted molar refractivity (Wildman–Crippen MR) is 107 cm³/mol. The number of amides is 1. The zero-order valence-electron chi connectivity index (χ0n) is 16.0. The number of rotatable bonds is 9. The van der Waals surface area contributed by atoms with Gasteiger partial charge in [0.05, 0.1) is 6.61 Å². The van der Waals surface area contributed by atoms with Gasteiger partial charge in [-0.1, -0.05) is 31.4 Å². The smallest absolute Gasteiger partial charge is 0.220 e. The molecule has 1 aromatic rings. The average Bonchev–Trinajstić information content (AvgIpc) is 2.62. The van der Waals surface area contributed by atoms with Crippen LogP contribution in [0.4, 0.5) is 0 Å². The number of carbonyl (C=O) groups is 1. The molecule has 1 fully saturated rings. The number of hydrogen-bond donors (Lipinski definition) is 2. The second-order valence-corrected chi connectivity index (χ2v) is 7.17. The van der Waals surface area contributed by atoms with Gasteiger partial charge in [0, 0.05) is 25.6 Å². The topological polar surface area (TPSA) is 73.6 Å². The van der Waals surface area contributed by atoms with Crippen LogP contribution in [0.3, 0.4) is 0 Å². The number of halogens is 1. The van der Waals surface area contributed by atoms with Crippen molar-refractivity contribution in [2.24, 2.45) is 11.1 Å². The van der Waals surface area contributed by atoms with E-state index in [0.717, 1.165) is 29.7 Å². The Morgan fingerprint density at radius 3 is 2.62 bits per heavy atom. The highest BCUT2D eigenvalue weighted by atomic mass is 35.5. The highest BCUT2D eigenvalue weighted by molar-refractivity contribution is 5.85. The standard InChI is InChI=1S/C20H32N2O3.ClH/c1-16-6-7-17(18(12-16)25-11-10-24-2)14-22-19(23)13-20(15-21)8-4-3-5-9-20;/h6-7,12H,3-5,8-11,13-15,21H2,1-2H3,(H,22,23);1H. The van der Waals surface area contributed by atoms with E-state index in [9.17, 15) is 4.79 Å². The first kappa shape index (κ1) is 22.7. The van der Waals surface area contributed by atoms with Crippen LogP contribution in [0.25, 0.3) is 0 Å². The SMILES string of the molecule is COCCOc1cc(C)ccc1CNC(=O)CC1(CN)CCCCC1.Cl. The fourth-order valence-corrected chi connectivity index (χ4v) is 3.53. The molecule has 6 heteroatoms. The van der Waals surface area contributed by atoms with E-state index in [1.165, 1.54) is 19.3 Å². The molecule has 1 amide bonds. The van der Waals surface area contributed by atoms with E-state index in [2.05, 4.69) is 5.32 Å². The molecule has 0 radical (unpaired) electrons. The van der Waals surface area contributed by atoms with Crippen molar-refractivity contribution in [3.05, 3.63) is 29.3 Å². The molecular formula is C20H33ClN2O3. The van der Waals surface area contributed by atoms with Gasteiger partial charge in [0.15, 0.2) is 0 Å². The summed E-state index contributed by atoms with van der Waals surface area (Å²) in [5.41, 5.74) is 8.10. The average molecular weight is 385 g/mol. The molecule has 0 bridgehead atoms. The summed E-state index contributed by atoms with van der Waals surface area (Å²) in [4.78, 5) is 12.5. The third kappa shape index (κ3) is 6.78. The lowest BCUT2D eigenvalue weighted by molar-refractivity contribution is -0.124. The molecule has 0 unspecified atom stereocenters. The van der Waals surface area contributed by atoms with Crippen molar-refractivity contribution in [3.63, 3.8) is 0 Å². The van der Waals surface area contributed by atoms with Crippen LogP contribution >= 0.6 is 12.4 Å². The molecule has 0 aromatic heterocycles. The first-order valence-corrected chi connectivity index (χ1v) is 9.27. The van der Waals surface area contributed by atoms with Crippen LogP contribution in [0.5, 0.6) is 5.75 Å². The summed E-state index contributed by atoms with van der Waals surface area (Å²) in [6.45, 7) is 4.13. The van der Waals surface area contributed by atoms with Gasteiger partial charge in [0.2, 0.25) is 5.91 Å². The van der Waals surface area contributed by atoms with Gasteiger partial charge in [-0.05, 0) is 43.4 Å². The van der Waals surface area contributed by atoms with Gasteiger partial charge in [-0.25, -0.2) is 0 Å². The van der Waals surface area contributed by atoms with Crippen LogP contribution in [0, 0.1) is 12.3 Å². The van der Waals surface area contributed by atoms with E-state index in [4.69, 9.17) is 15.2 Å². The Balaban J connectivity index is 0.00000338. The van der Waals surface area contributed by atoms with Crippen LogP contribution in [0.15, 0.2) is 18.2 Å². The highest BCUT2D eigenvalue weighted by Gasteiger charge is 2.32. The van der Waals surface area contributed by atoms with E-state index in [1.807, 2.05) is 25.1 Å². The van der Waals surface area contributed by atoms with E-state index >= 15 is 0 Å². The number of methoxy groups -OCH3 is 1. The fourth-order valence-electron chi connectivity index (χ4n) is 3.53. The molecule has 5 nitrogen and oxygen atoms in total. The molecule has 0 aliphatic heterocycles. The molecule has 3 N–H and O–H groups in total. The lowest BCUT2D eigenvalue weighted by atomic mass is 9.71. The third-order valence-electron chi connectivity index (χ3n) is 5.13. The van der Waals surface area contributed by atoms with E-state index in [1.54, 1.807) is 7.11 Å². The quantitative estimate of drug-likeness (QED) is 0.640. The Labute approximate surface area is 163 Å². The van der Waals surface area contributed by atoms with Crippen molar-refractivity contribution in [3.8, 4) is 5.75 Å². The maximum atomic E-state index is 12.5. The molecule has 0 atom stereocenters. The summed E-state index contributed by atoms with van der Waals surface area (Å²) in [7, 11) is 1.65. The predicted octanol–water partition coefficient (Wildman–Crippen LogP) is 3.36. The second-order valence-electron chi connectivity index (χ2n) is 7.17. The maximum Gasteiger partial charge on any atom is 0.220 e. The molecule has 2 rings (SSSR count). The van der Waals surface area contributed by atoms with Crippen molar-refractivity contribution in [1.29, 1.82) is 0 Å². The summed E-state index contributed by atoms with van der Waals surface area (Å²) in [6, 6.07) is 6.05. The molecule has 1 aromatic carbocycles. The Morgan fingerprint density at radius 2 is 1.96 bits per heavy atom. The van der Waals surface area contributed by atoms with Crippen molar-refractivity contribution < 1.29 is 14.3 Å². The molecule has 0 saturated heterocycles. The number of ether oxygens (including phenoxy) is 2. The largest absolute Gasteiger partial charge is 0.491 e. The van der Waals surface area contributed by atoms with E-state index < -0.39 is 0 Å². The number of nitrogens with two attached hydrogens (primary N) is 1. The van der Waals surface area contributed by atoms with Gasteiger partial charge >= 0.3 is 0 Å². The summed E-state index contributed by atoms with van der Waals surface area (Å²) in [5, 5.41) is 3.05. The van der Waals surface area contributed by atoms with Gasteiger partial charge in [0.1, 0.15) is 12.4 Å². The van der Waals surface area contributed by atoms with Gasteiger partial charge in [-0.15, -0.1) is 12.4 Å². The summed E-state index contributed by atoms with van der Waals surface area (Å²) in [5.74, 6) is 0.888. The monoisotopic (exact) mass is 384 g/mol. The van der Waals surface area contributed by atoms with Crippen molar-refractivity contribution >= 4 is 18.3 Å². The van der Waals surface area contributed by atoms with Crippen LogP contribution in [-0.2, 0) is 16.1 Å². The maximum absolute atomic E-state index is 12.5. The number of hydrogen-bond acceptors (Lipinski definition) is 4. The molecular weight excluding hydrogens is 352 g/mol. The Hall–Kier alpha value is -1.30. The van der Waals surface area contributed by atoms with Crippen LogP contribution in [0.2, 0.25) is 0 Å². The Kier molecular flexibility index (Phi) is 9.99. The highest BCUT2D eigenvalue weighted by Crippen LogP contribution is 2.38. The zero-order valence-corrected chi connectivity index (χ0v) is 16.8. The number of nitrogens with one attached hydrogen (secondary N) is 1. The minimum absolute atomic E-state index is 0. The minimum atomic E-state index is -0.00654. The number of benzene rings is 1. The fraction of sp³-hybridized carbons (Fsp3) is 0.650. The Morgan fingerprint density at radius 1 is 1.23 bits per heavy atom. The molecule has 0 heterocycles. The molecule has 1 aliphatic carbocycles. The van der Waals surface area contributed by atoms with Crippen LogP contribution in [-0.4, -0.2) is 32.8 Å². The van der Waals surface area contributed by atoms with Gasteiger partial charge in [0.25, 0.3) is 0 Å². The molecule has 0 spiro atoms. The minimum Gasteiger partial charge on any atom is -0.491 e. The second kappa shape index (κ2) is 11.4. The first-order chi connectivity index (χ1) is 12.1. The molecule has 1 saturated carbocycles. The van der Waals surface area contributed by atoms with Gasteiger partial charge in [-0.2, -0.15) is 0 Å². The first-order valence-electron chi connectivity index (χ1n) is 9.27. The molecule has 1 aliphatic rings. The van der Waals surface area contributed by atoms with Gasteiger partial charge in [-0.3, -0.25) is 4.79 Å². The van der Waals surface area contributed by atoms with Crippen LogP contribution < -0.4 is 15.8 Å². The van der Waals surface area contributed by atoms with Gasteiger partial charge < -0.3 is 20.5 Å².